The first-order chi connectivity index (χ1) is 16.8. The molecule has 2 aromatic carbocycles. The number of aromatic amines is 1. The van der Waals surface area contributed by atoms with E-state index in [9.17, 15) is 9.90 Å². The Labute approximate surface area is 203 Å². The minimum Gasteiger partial charge on any atom is -0.508 e. The van der Waals surface area contributed by atoms with Crippen LogP contribution in [-0.4, -0.2) is 42.1 Å². The van der Waals surface area contributed by atoms with Gasteiger partial charge in [0.15, 0.2) is 5.65 Å². The molecule has 0 fully saturated rings. The number of nitrogens with one attached hydrogen (secondary N) is 2. The fourth-order valence-electron chi connectivity index (χ4n) is 4.19. The maximum atomic E-state index is 13.3. The Morgan fingerprint density at radius 3 is 2.66 bits per heavy atom. The Balaban J connectivity index is 1.39. The average molecular weight is 469 g/mol. The molecule has 3 N–H and O–H groups in total. The zero-order chi connectivity index (χ0) is 24.6. The molecule has 0 aliphatic rings. The molecule has 8 nitrogen and oxygen atoms in total. The monoisotopic (exact) mass is 468 g/mol. The normalized spacial score (nSPS) is 11.9. The zero-order valence-corrected chi connectivity index (χ0v) is 20.0. The second-order valence-electron chi connectivity index (χ2n) is 9.72. The molecule has 5 aromatic rings. The first-order valence-electron chi connectivity index (χ1n) is 11.7. The second-order valence-corrected chi connectivity index (χ2v) is 9.72. The molecule has 0 unspecified atom stereocenters. The Morgan fingerprint density at radius 1 is 1.06 bits per heavy atom. The number of hydrogen-bond donors (Lipinski definition) is 3. The fraction of sp³-hybridized carbons (Fsp3) is 0.259. The molecule has 0 spiro atoms. The largest absolute Gasteiger partial charge is 0.508 e. The maximum absolute atomic E-state index is 13.3. The van der Waals surface area contributed by atoms with Crippen molar-refractivity contribution < 1.29 is 9.90 Å². The summed E-state index contributed by atoms with van der Waals surface area (Å²) in [5, 5.41) is 21.7. The summed E-state index contributed by atoms with van der Waals surface area (Å²) in [4.78, 5) is 21.2. The van der Waals surface area contributed by atoms with Crippen LogP contribution < -0.4 is 5.32 Å². The van der Waals surface area contributed by atoms with E-state index in [2.05, 4.69) is 46.3 Å². The van der Waals surface area contributed by atoms with Crippen LogP contribution in [0.15, 0.2) is 60.8 Å². The molecule has 1 amide bonds. The van der Waals surface area contributed by atoms with E-state index in [0.29, 0.717) is 17.8 Å². The van der Waals surface area contributed by atoms with Gasteiger partial charge in [0.1, 0.15) is 17.4 Å². The molecule has 0 aliphatic carbocycles. The number of aromatic nitrogens is 5. The molecule has 0 radical (unpaired) electrons. The van der Waals surface area contributed by atoms with Crippen LogP contribution in [0.25, 0.3) is 27.8 Å². The molecule has 8 heteroatoms. The number of para-hydroxylation sites is 2. The van der Waals surface area contributed by atoms with Crippen LogP contribution in [0.5, 0.6) is 5.75 Å². The van der Waals surface area contributed by atoms with Gasteiger partial charge < -0.3 is 15.4 Å². The SMILES string of the molecule is CC(C)(C)c1nnc2c(C(=O)NCCCc3nc4ccccc4[nH]3)cc(-c3cccc(O)c3)cn12. The van der Waals surface area contributed by atoms with Crippen LogP contribution in [-0.2, 0) is 11.8 Å². The third-order valence-electron chi connectivity index (χ3n) is 5.91. The van der Waals surface area contributed by atoms with Crippen LogP contribution in [0.1, 0.15) is 49.2 Å². The van der Waals surface area contributed by atoms with Gasteiger partial charge >= 0.3 is 0 Å². The molecule has 0 saturated carbocycles. The number of phenolic OH excluding ortho intramolecular Hbond substituents is 1. The predicted molar refractivity (Wildman–Crippen MR) is 136 cm³/mol. The Morgan fingerprint density at radius 2 is 1.89 bits per heavy atom. The van der Waals surface area contributed by atoms with Crippen LogP contribution in [0, 0.1) is 0 Å². The number of amides is 1. The number of fused-ring (bicyclic) bond motifs is 2. The van der Waals surface area contributed by atoms with Crippen molar-refractivity contribution in [2.45, 2.75) is 39.0 Å². The summed E-state index contributed by atoms with van der Waals surface area (Å²) >= 11 is 0. The van der Waals surface area contributed by atoms with Gasteiger partial charge in [0, 0.05) is 24.6 Å². The third-order valence-corrected chi connectivity index (χ3v) is 5.91. The van der Waals surface area contributed by atoms with Gasteiger partial charge in [0.25, 0.3) is 5.91 Å². The molecule has 0 bridgehead atoms. The first-order valence-corrected chi connectivity index (χ1v) is 11.7. The summed E-state index contributed by atoms with van der Waals surface area (Å²) in [5.74, 6) is 1.61. The van der Waals surface area contributed by atoms with Gasteiger partial charge in [-0.3, -0.25) is 9.20 Å². The summed E-state index contributed by atoms with van der Waals surface area (Å²) in [5.41, 5.74) is 4.24. The minimum absolute atomic E-state index is 0.166. The van der Waals surface area contributed by atoms with E-state index in [1.807, 2.05) is 40.9 Å². The summed E-state index contributed by atoms with van der Waals surface area (Å²) in [6.45, 7) is 6.67. The van der Waals surface area contributed by atoms with Crippen molar-refractivity contribution in [3.05, 3.63) is 78.0 Å². The lowest BCUT2D eigenvalue weighted by Crippen LogP contribution is -2.26. The number of carbonyl (C=O) groups is 1. The number of phenols is 1. The third kappa shape index (κ3) is 4.59. The molecule has 35 heavy (non-hydrogen) atoms. The molecule has 178 valence electrons. The molecule has 3 heterocycles. The number of pyridine rings is 1. The van der Waals surface area contributed by atoms with E-state index in [1.165, 1.54) is 0 Å². The minimum atomic E-state index is -0.267. The van der Waals surface area contributed by atoms with Gasteiger partial charge in [0.2, 0.25) is 0 Å². The Kier molecular flexibility index (Phi) is 5.72. The van der Waals surface area contributed by atoms with E-state index < -0.39 is 0 Å². The van der Waals surface area contributed by atoms with Gasteiger partial charge in [-0.15, -0.1) is 10.2 Å². The van der Waals surface area contributed by atoms with Gasteiger partial charge in [0.05, 0.1) is 16.6 Å². The number of hydrogen-bond acceptors (Lipinski definition) is 5. The van der Waals surface area contributed by atoms with Crippen LogP contribution in [0.3, 0.4) is 0 Å². The lowest BCUT2D eigenvalue weighted by molar-refractivity contribution is 0.0954. The standard InChI is InChI=1S/C27H28N6O2/c1-27(2,3)26-32-31-24-20(15-18(16-33(24)26)17-8-6-9-19(34)14-17)25(35)28-13-7-12-23-29-21-10-4-5-11-22(21)30-23/h4-6,8-11,14-16,34H,7,12-13H2,1-3H3,(H,28,35)(H,29,30). The highest BCUT2D eigenvalue weighted by Crippen LogP contribution is 2.28. The molecule has 5 rings (SSSR count). The van der Waals surface area contributed by atoms with Crippen molar-refractivity contribution in [3.8, 4) is 16.9 Å². The average Bonchev–Trinajstić information content (AvgIpc) is 3.45. The van der Waals surface area contributed by atoms with Crippen LogP contribution in [0.2, 0.25) is 0 Å². The fourth-order valence-corrected chi connectivity index (χ4v) is 4.19. The van der Waals surface area contributed by atoms with Gasteiger partial charge in [-0.2, -0.15) is 0 Å². The highest BCUT2D eigenvalue weighted by Gasteiger charge is 2.24. The molecule has 0 saturated heterocycles. The van der Waals surface area contributed by atoms with Crippen molar-refractivity contribution in [2.75, 3.05) is 6.54 Å². The van der Waals surface area contributed by atoms with Gasteiger partial charge in [-0.1, -0.05) is 45.0 Å². The lowest BCUT2D eigenvalue weighted by atomic mass is 9.95. The maximum Gasteiger partial charge on any atom is 0.255 e. The molecule has 0 aliphatic heterocycles. The molecule has 0 atom stereocenters. The smallest absolute Gasteiger partial charge is 0.255 e. The predicted octanol–water partition coefficient (Wildman–Crippen LogP) is 4.64. The topological polar surface area (TPSA) is 108 Å². The highest BCUT2D eigenvalue weighted by atomic mass is 16.3. The number of H-pyrrole nitrogens is 1. The number of carbonyl (C=O) groups excluding carboxylic acids is 1. The van der Waals surface area contributed by atoms with E-state index in [0.717, 1.165) is 46.7 Å². The Bertz CT molecular complexity index is 1490. The molecule has 3 aromatic heterocycles. The number of rotatable bonds is 6. The first kappa shape index (κ1) is 22.6. The summed E-state index contributed by atoms with van der Waals surface area (Å²) in [6.07, 6.45) is 3.39. The van der Waals surface area contributed by atoms with Crippen LogP contribution in [0.4, 0.5) is 0 Å². The zero-order valence-electron chi connectivity index (χ0n) is 20.0. The Hall–Kier alpha value is -4.20. The van der Waals surface area contributed by atoms with Crippen molar-refractivity contribution in [1.82, 2.24) is 29.9 Å². The number of nitrogens with zero attached hydrogens (tertiary/aromatic N) is 4. The van der Waals surface area contributed by atoms with Gasteiger partial charge in [-0.05, 0) is 47.9 Å². The second kappa shape index (κ2) is 8.87. The highest BCUT2D eigenvalue weighted by molar-refractivity contribution is 6.01. The van der Waals surface area contributed by atoms with Crippen LogP contribution >= 0.6 is 0 Å². The van der Waals surface area contributed by atoms with E-state index in [1.54, 1.807) is 24.3 Å². The summed E-state index contributed by atoms with van der Waals surface area (Å²) in [7, 11) is 0. The summed E-state index contributed by atoms with van der Waals surface area (Å²) < 4.78 is 1.88. The van der Waals surface area contributed by atoms with E-state index >= 15 is 0 Å². The number of aromatic hydroxyl groups is 1. The number of imidazole rings is 1. The number of benzene rings is 2. The van der Waals surface area contributed by atoms with E-state index in [-0.39, 0.29) is 17.1 Å². The van der Waals surface area contributed by atoms with E-state index in [4.69, 9.17) is 0 Å². The molecular formula is C27H28N6O2. The van der Waals surface area contributed by atoms with Gasteiger partial charge in [-0.25, -0.2) is 4.98 Å². The van der Waals surface area contributed by atoms with Crippen molar-refractivity contribution in [1.29, 1.82) is 0 Å². The number of aryl methyl sites for hydroxylation is 1. The lowest BCUT2D eigenvalue weighted by Gasteiger charge is -2.17. The van der Waals surface area contributed by atoms with Crippen molar-refractivity contribution in [3.63, 3.8) is 0 Å². The quantitative estimate of drug-likeness (QED) is 0.315. The molecular weight excluding hydrogens is 440 g/mol. The van der Waals surface area contributed by atoms with Crippen molar-refractivity contribution in [2.24, 2.45) is 0 Å². The van der Waals surface area contributed by atoms with Crippen molar-refractivity contribution >= 4 is 22.6 Å². The summed E-state index contributed by atoms with van der Waals surface area (Å²) in [6, 6.07) is 16.7.